The Labute approximate surface area is 168 Å². The third kappa shape index (κ3) is 5.50. The molecule has 29 heavy (non-hydrogen) atoms. The lowest BCUT2D eigenvalue weighted by atomic mass is 10.1. The fourth-order valence-electron chi connectivity index (χ4n) is 2.45. The lowest BCUT2D eigenvalue weighted by Crippen LogP contribution is -2.14. The van der Waals surface area contributed by atoms with E-state index in [0.29, 0.717) is 16.5 Å². The maximum absolute atomic E-state index is 13.0. The zero-order valence-corrected chi connectivity index (χ0v) is 16.1. The molecule has 0 radical (unpaired) electrons. The summed E-state index contributed by atoms with van der Waals surface area (Å²) in [7, 11) is 0. The van der Waals surface area contributed by atoms with E-state index in [-0.39, 0.29) is 18.0 Å². The molecule has 152 valence electrons. The number of rotatable bonds is 7. The van der Waals surface area contributed by atoms with E-state index in [1.54, 1.807) is 31.2 Å². The molecule has 3 rings (SSSR count). The summed E-state index contributed by atoms with van der Waals surface area (Å²) in [6.07, 6.45) is -3.10. The predicted molar refractivity (Wildman–Crippen MR) is 103 cm³/mol. The van der Waals surface area contributed by atoms with Gasteiger partial charge in [0.2, 0.25) is 0 Å². The Morgan fingerprint density at radius 1 is 1.21 bits per heavy atom. The summed E-state index contributed by atoms with van der Waals surface area (Å²) in [6, 6.07) is 9.75. The highest BCUT2D eigenvalue weighted by molar-refractivity contribution is 7.98. The van der Waals surface area contributed by atoms with Gasteiger partial charge in [-0.25, -0.2) is 4.98 Å². The van der Waals surface area contributed by atoms with Crippen molar-refractivity contribution in [3.8, 4) is 5.75 Å². The minimum absolute atomic E-state index is 0.0309. The summed E-state index contributed by atoms with van der Waals surface area (Å²) in [5.41, 5.74) is 0.378. The van der Waals surface area contributed by atoms with Crippen LogP contribution in [0.4, 0.5) is 18.9 Å². The lowest BCUT2D eigenvalue weighted by molar-refractivity contribution is -0.137. The van der Waals surface area contributed by atoms with Gasteiger partial charge in [0.1, 0.15) is 12.1 Å². The monoisotopic (exact) mass is 422 g/mol. The van der Waals surface area contributed by atoms with Gasteiger partial charge >= 0.3 is 6.18 Å². The molecule has 0 atom stereocenters. The molecule has 0 saturated carbocycles. The third-order valence-electron chi connectivity index (χ3n) is 3.84. The highest BCUT2D eigenvalue weighted by atomic mass is 32.2. The number of aromatic nitrogens is 3. The first-order valence-electron chi connectivity index (χ1n) is 8.59. The summed E-state index contributed by atoms with van der Waals surface area (Å²) < 4.78 is 44.3. The summed E-state index contributed by atoms with van der Waals surface area (Å²) in [5.74, 6) is 0.271. The first-order chi connectivity index (χ1) is 13.9. The first-order valence-corrected chi connectivity index (χ1v) is 9.58. The largest absolute Gasteiger partial charge is 0.492 e. The molecule has 0 bridgehead atoms. The second kappa shape index (κ2) is 8.99. The molecular formula is C19H17F3N4O2S. The molecular weight excluding hydrogens is 405 g/mol. The summed E-state index contributed by atoms with van der Waals surface area (Å²) in [6.45, 7) is 1.96. The Morgan fingerprint density at radius 3 is 2.59 bits per heavy atom. The number of benzene rings is 2. The second-order valence-electron chi connectivity index (χ2n) is 5.87. The van der Waals surface area contributed by atoms with E-state index < -0.39 is 17.6 Å². The summed E-state index contributed by atoms with van der Waals surface area (Å²) in [4.78, 5) is 16.5. The number of hydrogen-bond acceptors (Lipinski definition) is 5. The number of hydrogen-bond donors (Lipinski definition) is 2. The highest BCUT2D eigenvalue weighted by Gasteiger charge is 2.31. The van der Waals surface area contributed by atoms with Crippen LogP contribution >= 0.6 is 11.8 Å². The van der Waals surface area contributed by atoms with Gasteiger partial charge in [0.25, 0.3) is 5.91 Å². The zero-order valence-electron chi connectivity index (χ0n) is 15.3. The van der Waals surface area contributed by atoms with E-state index in [2.05, 4.69) is 20.5 Å². The third-order valence-corrected chi connectivity index (χ3v) is 4.79. The van der Waals surface area contributed by atoms with Crippen LogP contribution in [0.25, 0.3) is 0 Å². The molecule has 0 saturated heterocycles. The van der Waals surface area contributed by atoms with Crippen molar-refractivity contribution in [2.45, 2.75) is 24.0 Å². The number of carbonyl (C=O) groups is 1. The van der Waals surface area contributed by atoms with Gasteiger partial charge in [-0.1, -0.05) is 23.9 Å². The minimum Gasteiger partial charge on any atom is -0.492 e. The van der Waals surface area contributed by atoms with Gasteiger partial charge in [0.15, 0.2) is 5.16 Å². The van der Waals surface area contributed by atoms with E-state index in [1.165, 1.54) is 24.2 Å². The van der Waals surface area contributed by atoms with Crippen LogP contribution in [0.15, 0.2) is 53.9 Å². The average Bonchev–Trinajstić information content (AvgIpc) is 3.21. The van der Waals surface area contributed by atoms with Gasteiger partial charge in [-0.15, -0.1) is 0 Å². The number of H-pyrrole nitrogens is 1. The van der Waals surface area contributed by atoms with Crippen LogP contribution < -0.4 is 10.1 Å². The summed E-state index contributed by atoms with van der Waals surface area (Å²) in [5, 5.41) is 9.69. The van der Waals surface area contributed by atoms with Gasteiger partial charge < -0.3 is 10.1 Å². The van der Waals surface area contributed by atoms with Gasteiger partial charge in [0.05, 0.1) is 17.9 Å². The lowest BCUT2D eigenvalue weighted by Gasteiger charge is -2.15. The van der Waals surface area contributed by atoms with Crippen molar-refractivity contribution in [1.82, 2.24) is 15.2 Å². The maximum atomic E-state index is 13.0. The topological polar surface area (TPSA) is 79.9 Å². The molecule has 1 aromatic heterocycles. The average molecular weight is 422 g/mol. The van der Waals surface area contributed by atoms with Crippen molar-refractivity contribution in [3.63, 3.8) is 0 Å². The van der Waals surface area contributed by atoms with E-state index in [4.69, 9.17) is 4.74 Å². The van der Waals surface area contributed by atoms with Crippen molar-refractivity contribution in [2.75, 3.05) is 11.9 Å². The standard InChI is InChI=1S/C19H17F3N4O2S/c1-2-28-16-8-7-14(19(20,21)22)9-15(16)25-17(27)13-5-3-12(4-6-13)10-29-18-23-11-24-26-18/h3-9,11H,2,10H2,1H3,(H,25,27)(H,23,24,26). The molecule has 0 aliphatic rings. The molecule has 2 aromatic carbocycles. The van der Waals surface area contributed by atoms with Crippen molar-refractivity contribution in [3.05, 3.63) is 65.5 Å². The number of nitrogens with zero attached hydrogens (tertiary/aromatic N) is 2. The van der Waals surface area contributed by atoms with Gasteiger partial charge in [-0.05, 0) is 42.8 Å². The number of carbonyl (C=O) groups excluding carboxylic acids is 1. The Morgan fingerprint density at radius 2 is 1.97 bits per heavy atom. The predicted octanol–water partition coefficient (Wildman–Crippen LogP) is 4.77. The number of thioether (sulfide) groups is 1. The minimum atomic E-state index is -4.52. The molecule has 6 nitrogen and oxygen atoms in total. The van der Waals surface area contributed by atoms with Crippen molar-refractivity contribution < 1.29 is 22.7 Å². The molecule has 1 amide bonds. The molecule has 0 spiro atoms. The number of amides is 1. The SMILES string of the molecule is CCOc1ccc(C(F)(F)F)cc1NC(=O)c1ccc(CSc2ncn[nH]2)cc1. The molecule has 0 unspecified atom stereocenters. The smallest absolute Gasteiger partial charge is 0.416 e. The number of alkyl halides is 3. The molecule has 10 heteroatoms. The number of aromatic amines is 1. The van der Waals surface area contributed by atoms with E-state index in [1.807, 2.05) is 0 Å². The molecule has 2 N–H and O–H groups in total. The van der Waals surface area contributed by atoms with Crippen LogP contribution in [0.5, 0.6) is 5.75 Å². The quantitative estimate of drug-likeness (QED) is 0.537. The highest BCUT2D eigenvalue weighted by Crippen LogP contribution is 2.35. The fourth-order valence-corrected chi connectivity index (χ4v) is 3.18. The van der Waals surface area contributed by atoms with Crippen molar-refractivity contribution >= 4 is 23.4 Å². The number of anilines is 1. The molecule has 0 fully saturated rings. The Kier molecular flexibility index (Phi) is 6.42. The Bertz CT molecular complexity index is 961. The van der Waals surface area contributed by atoms with Crippen LogP contribution in [0.2, 0.25) is 0 Å². The molecule has 3 aromatic rings. The van der Waals surface area contributed by atoms with Crippen LogP contribution in [0, 0.1) is 0 Å². The molecule has 1 heterocycles. The van der Waals surface area contributed by atoms with E-state index in [9.17, 15) is 18.0 Å². The van der Waals surface area contributed by atoms with E-state index in [0.717, 1.165) is 17.7 Å². The zero-order chi connectivity index (χ0) is 20.9. The van der Waals surface area contributed by atoms with Crippen molar-refractivity contribution in [1.29, 1.82) is 0 Å². The van der Waals surface area contributed by atoms with Crippen LogP contribution in [-0.2, 0) is 11.9 Å². The number of ether oxygens (including phenoxy) is 1. The Hall–Kier alpha value is -3.01. The summed E-state index contributed by atoms with van der Waals surface area (Å²) >= 11 is 1.46. The number of halogens is 3. The molecule has 0 aliphatic heterocycles. The maximum Gasteiger partial charge on any atom is 0.416 e. The fraction of sp³-hybridized carbons (Fsp3) is 0.211. The molecule has 0 aliphatic carbocycles. The normalized spacial score (nSPS) is 11.3. The van der Waals surface area contributed by atoms with Gasteiger partial charge in [0, 0.05) is 11.3 Å². The van der Waals surface area contributed by atoms with Crippen LogP contribution in [0.1, 0.15) is 28.4 Å². The van der Waals surface area contributed by atoms with Crippen molar-refractivity contribution in [2.24, 2.45) is 0 Å². The Balaban J connectivity index is 1.72. The van der Waals surface area contributed by atoms with E-state index >= 15 is 0 Å². The van der Waals surface area contributed by atoms with Gasteiger partial charge in [-0.3, -0.25) is 9.89 Å². The van der Waals surface area contributed by atoms with Crippen LogP contribution in [0.3, 0.4) is 0 Å². The van der Waals surface area contributed by atoms with Crippen LogP contribution in [-0.4, -0.2) is 27.7 Å². The second-order valence-corrected chi connectivity index (χ2v) is 6.84. The number of nitrogens with one attached hydrogen (secondary N) is 2. The first kappa shape index (κ1) is 20.7. The van der Waals surface area contributed by atoms with Gasteiger partial charge in [-0.2, -0.15) is 18.3 Å².